The molecule has 0 aliphatic carbocycles. The van der Waals surface area contributed by atoms with Crippen LogP contribution in [0.2, 0.25) is 0 Å². The van der Waals surface area contributed by atoms with Gasteiger partial charge in [-0.3, -0.25) is 0 Å². The van der Waals surface area contributed by atoms with Gasteiger partial charge in [-0.05, 0) is 31.4 Å². The molecular weight excluding hydrogens is 266 g/mol. The van der Waals surface area contributed by atoms with Crippen LogP contribution in [0.4, 0.5) is 5.69 Å². The van der Waals surface area contributed by atoms with Crippen LogP contribution in [0.25, 0.3) is 5.57 Å². The summed E-state index contributed by atoms with van der Waals surface area (Å²) in [5.74, 6) is 0. The molecule has 1 nitrogen and oxygen atoms in total. The highest BCUT2D eigenvalue weighted by Crippen LogP contribution is 2.25. The first kappa shape index (κ1) is 16.0. The van der Waals surface area contributed by atoms with Crippen LogP contribution in [-0.2, 0) is 6.54 Å². The number of benzene rings is 2. The Kier molecular flexibility index (Phi) is 5.11. The lowest BCUT2D eigenvalue weighted by Gasteiger charge is -2.11. The van der Waals surface area contributed by atoms with Crippen molar-refractivity contribution < 1.29 is 4.58 Å². The Morgan fingerprint density at radius 1 is 1.00 bits per heavy atom. The third-order valence-corrected chi connectivity index (χ3v) is 3.67. The largest absolute Gasteiger partial charge is 0.204 e. The molecule has 2 aromatic rings. The second kappa shape index (κ2) is 7.04. The maximum atomic E-state index is 4.22. The molecule has 0 unspecified atom stereocenters. The van der Waals surface area contributed by atoms with Crippen molar-refractivity contribution in [2.45, 2.75) is 26.8 Å². The van der Waals surface area contributed by atoms with Crippen molar-refractivity contribution in [1.29, 1.82) is 0 Å². The number of hydrogen-bond donors (Lipinski definition) is 0. The molecule has 0 fully saturated rings. The molecule has 0 atom stereocenters. The van der Waals surface area contributed by atoms with E-state index in [1.165, 1.54) is 16.7 Å². The minimum Gasteiger partial charge on any atom is -0.201 e. The summed E-state index contributed by atoms with van der Waals surface area (Å²) in [4.78, 5) is 0. The van der Waals surface area contributed by atoms with E-state index in [-0.39, 0.29) is 0 Å². The van der Waals surface area contributed by atoms with Crippen molar-refractivity contribution in [3.8, 4) is 0 Å². The molecule has 1 heteroatoms. The second-order valence-electron chi connectivity index (χ2n) is 5.93. The first-order valence-electron chi connectivity index (χ1n) is 7.52. The van der Waals surface area contributed by atoms with Crippen molar-refractivity contribution in [3.05, 3.63) is 84.0 Å². The molecule has 2 rings (SSSR count). The van der Waals surface area contributed by atoms with Crippen molar-refractivity contribution in [1.82, 2.24) is 0 Å². The van der Waals surface area contributed by atoms with Crippen LogP contribution >= 0.6 is 0 Å². The molecule has 112 valence electrons. The summed E-state index contributed by atoms with van der Waals surface area (Å²) in [5.41, 5.74) is 7.05. The van der Waals surface area contributed by atoms with Crippen molar-refractivity contribution in [3.63, 3.8) is 0 Å². The summed E-state index contributed by atoms with van der Waals surface area (Å²) in [7, 11) is 0. The Bertz CT molecular complexity index is 705. The van der Waals surface area contributed by atoms with Gasteiger partial charge in [-0.25, -0.2) is 4.58 Å². The molecule has 0 N–H and O–H groups in total. The van der Waals surface area contributed by atoms with Gasteiger partial charge < -0.3 is 0 Å². The Morgan fingerprint density at radius 2 is 1.64 bits per heavy atom. The van der Waals surface area contributed by atoms with Gasteiger partial charge in [-0.2, -0.15) is 0 Å². The second-order valence-corrected chi connectivity index (χ2v) is 5.93. The molecule has 0 bridgehead atoms. The van der Waals surface area contributed by atoms with Gasteiger partial charge in [0.15, 0.2) is 6.54 Å². The lowest BCUT2D eigenvalue weighted by molar-refractivity contribution is -0.448. The van der Waals surface area contributed by atoms with Crippen LogP contribution < -0.4 is 0 Å². The molecule has 2 aromatic carbocycles. The quantitative estimate of drug-likeness (QED) is 0.374. The molecule has 0 radical (unpaired) electrons. The topological polar surface area (TPSA) is 3.01 Å². The van der Waals surface area contributed by atoms with Gasteiger partial charge in [0.2, 0.25) is 5.69 Å². The lowest BCUT2D eigenvalue weighted by atomic mass is 9.96. The summed E-state index contributed by atoms with van der Waals surface area (Å²) in [6, 6.07) is 16.8. The highest BCUT2D eigenvalue weighted by molar-refractivity contribution is 5.68. The predicted molar refractivity (Wildman–Crippen MR) is 96.8 cm³/mol. The number of nitrogens with zero attached hydrogens (tertiary/aromatic N) is 1. The maximum Gasteiger partial charge on any atom is 0.204 e. The van der Waals surface area contributed by atoms with Crippen LogP contribution in [0, 0.1) is 6.92 Å². The summed E-state index contributed by atoms with van der Waals surface area (Å²) in [5, 5.41) is 0. The third-order valence-electron chi connectivity index (χ3n) is 3.67. The van der Waals surface area contributed by atoms with Gasteiger partial charge in [0.25, 0.3) is 0 Å². The average molecular weight is 290 g/mol. The minimum absolute atomic E-state index is 0.758. The summed E-state index contributed by atoms with van der Waals surface area (Å²) < 4.78 is 2.02. The van der Waals surface area contributed by atoms with Crippen LogP contribution in [0.1, 0.15) is 30.0 Å². The van der Waals surface area contributed by atoms with E-state index in [9.17, 15) is 0 Å². The molecule has 0 aliphatic heterocycles. The Labute approximate surface area is 133 Å². The van der Waals surface area contributed by atoms with E-state index >= 15 is 0 Å². The Morgan fingerprint density at radius 3 is 2.27 bits per heavy atom. The molecule has 0 heterocycles. The zero-order valence-corrected chi connectivity index (χ0v) is 13.6. The predicted octanol–water partition coefficient (Wildman–Crippen LogP) is 5.52. The van der Waals surface area contributed by atoms with Crippen LogP contribution in [-0.4, -0.2) is 11.3 Å². The Hall–Kier alpha value is -2.41. The van der Waals surface area contributed by atoms with Crippen molar-refractivity contribution >= 4 is 18.0 Å². The van der Waals surface area contributed by atoms with Gasteiger partial charge in [-0.1, -0.05) is 60.7 Å². The van der Waals surface area contributed by atoms with E-state index in [2.05, 4.69) is 75.3 Å². The standard InChI is InChI=1S/C21H24N/c1-16(2)14-18(4)21-9-7-6-8-19(21)15-22(5)20-12-10-17(3)11-13-20/h6-13H,1,4-5,14-15H2,2-3H3/q+1. The van der Waals surface area contributed by atoms with Crippen LogP contribution in [0.5, 0.6) is 0 Å². The monoisotopic (exact) mass is 290 g/mol. The fourth-order valence-electron chi connectivity index (χ4n) is 2.52. The summed E-state index contributed by atoms with van der Waals surface area (Å²) in [6.45, 7) is 17.3. The van der Waals surface area contributed by atoms with Gasteiger partial charge >= 0.3 is 0 Å². The van der Waals surface area contributed by atoms with Gasteiger partial charge in [0, 0.05) is 17.7 Å². The number of aryl methyl sites for hydroxylation is 1. The maximum absolute atomic E-state index is 4.22. The van der Waals surface area contributed by atoms with Gasteiger partial charge in [-0.15, -0.1) is 0 Å². The number of hydrogen-bond acceptors (Lipinski definition) is 0. The van der Waals surface area contributed by atoms with E-state index in [1.54, 1.807) is 0 Å². The van der Waals surface area contributed by atoms with E-state index in [0.717, 1.165) is 29.8 Å². The smallest absolute Gasteiger partial charge is 0.201 e. The highest BCUT2D eigenvalue weighted by Gasteiger charge is 2.12. The average Bonchev–Trinajstić information content (AvgIpc) is 2.47. The van der Waals surface area contributed by atoms with Crippen LogP contribution in [0.3, 0.4) is 0 Å². The normalized spacial score (nSPS) is 10.3. The van der Waals surface area contributed by atoms with E-state index in [4.69, 9.17) is 0 Å². The lowest BCUT2D eigenvalue weighted by Crippen LogP contribution is -2.05. The first-order valence-corrected chi connectivity index (χ1v) is 7.52. The molecule has 0 amide bonds. The number of rotatable bonds is 6. The summed E-state index contributed by atoms with van der Waals surface area (Å²) in [6.07, 6.45) is 0.832. The van der Waals surface area contributed by atoms with Gasteiger partial charge in [0.05, 0.1) is 0 Å². The molecule has 0 saturated carbocycles. The fraction of sp³-hybridized carbons (Fsp3) is 0.190. The SMILES string of the molecule is C=C(C)CC(=C)c1ccccc1C[N+](=C)c1ccc(C)cc1. The minimum atomic E-state index is 0.758. The molecule has 22 heavy (non-hydrogen) atoms. The zero-order valence-electron chi connectivity index (χ0n) is 13.6. The highest BCUT2D eigenvalue weighted by atomic mass is 15.0. The molecule has 0 aliphatic rings. The molecule has 0 spiro atoms. The summed E-state index contributed by atoms with van der Waals surface area (Å²) >= 11 is 0. The van der Waals surface area contributed by atoms with Crippen molar-refractivity contribution in [2.24, 2.45) is 0 Å². The molecular formula is C21H24N+. The van der Waals surface area contributed by atoms with E-state index in [1.807, 2.05) is 11.5 Å². The number of allylic oxidation sites excluding steroid dienone is 2. The van der Waals surface area contributed by atoms with E-state index < -0.39 is 0 Å². The van der Waals surface area contributed by atoms with Crippen LogP contribution in [0.15, 0.2) is 67.3 Å². The zero-order chi connectivity index (χ0) is 16.1. The molecule has 0 saturated heterocycles. The van der Waals surface area contributed by atoms with Gasteiger partial charge in [0.1, 0.15) is 6.72 Å². The van der Waals surface area contributed by atoms with Crippen molar-refractivity contribution in [2.75, 3.05) is 0 Å². The fourth-order valence-corrected chi connectivity index (χ4v) is 2.52. The first-order chi connectivity index (χ1) is 10.5. The van der Waals surface area contributed by atoms with E-state index in [0.29, 0.717) is 0 Å². The molecule has 0 aromatic heterocycles. The third kappa shape index (κ3) is 4.05. The Balaban J connectivity index is 2.22.